The average molecular weight is 286 g/mol. The van der Waals surface area contributed by atoms with Crippen molar-refractivity contribution in [2.75, 3.05) is 12.8 Å². The molecule has 1 heterocycles. The summed E-state index contributed by atoms with van der Waals surface area (Å²) in [5.41, 5.74) is 8.73. The molecule has 0 aliphatic rings. The number of nitrogens with two attached hydrogens (primary N) is 1. The average Bonchev–Trinajstić information content (AvgIpc) is 2.42. The largest absolute Gasteiger partial charge is 0.508 e. The Morgan fingerprint density at radius 3 is 2.50 bits per heavy atom. The van der Waals surface area contributed by atoms with Gasteiger partial charge in [0.15, 0.2) is 0 Å². The number of H-pyrrole nitrogens is 1. The van der Waals surface area contributed by atoms with E-state index in [1.807, 2.05) is 0 Å². The second-order valence-electron chi connectivity index (χ2n) is 4.15. The van der Waals surface area contributed by atoms with Gasteiger partial charge in [-0.1, -0.05) is 24.4 Å². The maximum absolute atomic E-state index is 9.39. The zero-order chi connectivity index (χ0) is 14.7. The lowest BCUT2D eigenvalue weighted by Gasteiger charge is -2.13. The van der Waals surface area contributed by atoms with Gasteiger partial charge in [-0.3, -0.25) is 4.99 Å². The summed E-state index contributed by atoms with van der Waals surface area (Å²) in [6, 6.07) is 6.65. The first-order valence-corrected chi connectivity index (χ1v) is 6.27. The van der Waals surface area contributed by atoms with Gasteiger partial charge in [-0.05, 0) is 17.7 Å². The van der Waals surface area contributed by atoms with Crippen molar-refractivity contribution < 1.29 is 5.11 Å². The number of aromatic nitrogens is 1. The van der Waals surface area contributed by atoms with Crippen LogP contribution in [0.15, 0.2) is 29.3 Å². The topological polar surface area (TPSA) is 98.2 Å². The number of aliphatic imine (C=N–C) groups is 1. The van der Waals surface area contributed by atoms with Crippen molar-refractivity contribution in [3.8, 4) is 16.9 Å². The van der Waals surface area contributed by atoms with Gasteiger partial charge in [0.05, 0.1) is 0 Å². The van der Waals surface area contributed by atoms with Crippen molar-refractivity contribution in [1.82, 2.24) is 4.98 Å². The minimum absolute atomic E-state index is 0.171. The molecule has 0 fully saturated rings. The predicted octanol–water partition coefficient (Wildman–Crippen LogP) is 2.75. The van der Waals surface area contributed by atoms with Gasteiger partial charge in [0.1, 0.15) is 16.2 Å². The number of phenolic OH excluding ortho intramolecular Hbond substituents is 1. The Bertz CT molecular complexity index is 732. The fourth-order valence-corrected chi connectivity index (χ4v) is 2.26. The highest BCUT2D eigenvalue weighted by atomic mass is 32.1. The Morgan fingerprint density at radius 2 is 1.95 bits per heavy atom. The first kappa shape index (κ1) is 14.0. The lowest BCUT2D eigenvalue weighted by atomic mass is 9.96. The maximum Gasteiger partial charge on any atom is 0.115 e. The number of anilines is 1. The number of rotatable bonds is 3. The number of pyridine rings is 1. The zero-order valence-electron chi connectivity index (χ0n) is 10.8. The molecule has 0 saturated heterocycles. The number of hydrogen-bond donors (Lipinski definition) is 4. The first-order valence-electron chi connectivity index (χ1n) is 5.86. The van der Waals surface area contributed by atoms with E-state index >= 15 is 0 Å². The molecule has 0 unspecified atom stereocenters. The van der Waals surface area contributed by atoms with Crippen molar-refractivity contribution in [1.29, 1.82) is 5.41 Å². The van der Waals surface area contributed by atoms with Gasteiger partial charge in [-0.25, -0.2) is 0 Å². The van der Waals surface area contributed by atoms with Crippen LogP contribution in [-0.2, 0) is 0 Å². The second-order valence-corrected chi connectivity index (χ2v) is 4.56. The van der Waals surface area contributed by atoms with Crippen LogP contribution in [0.25, 0.3) is 11.1 Å². The molecule has 20 heavy (non-hydrogen) atoms. The van der Waals surface area contributed by atoms with E-state index in [2.05, 4.69) is 9.98 Å². The summed E-state index contributed by atoms with van der Waals surface area (Å²) in [4.78, 5) is 6.86. The fourth-order valence-electron chi connectivity index (χ4n) is 1.99. The molecule has 0 radical (unpaired) electrons. The molecular formula is C14H14N4OS. The van der Waals surface area contributed by atoms with Crippen molar-refractivity contribution in [2.45, 2.75) is 0 Å². The van der Waals surface area contributed by atoms with Gasteiger partial charge in [0, 0.05) is 36.2 Å². The number of nitrogen functional groups attached to an aromatic ring is 1. The number of aromatic amines is 1. The molecule has 5 N–H and O–H groups in total. The highest BCUT2D eigenvalue weighted by Gasteiger charge is 2.14. The monoisotopic (exact) mass is 286 g/mol. The van der Waals surface area contributed by atoms with Gasteiger partial charge in [0.25, 0.3) is 0 Å². The lowest BCUT2D eigenvalue weighted by Crippen LogP contribution is -2.04. The zero-order valence-corrected chi connectivity index (χ0v) is 11.7. The minimum atomic E-state index is 0.171. The molecule has 1 aromatic heterocycles. The third-order valence-electron chi connectivity index (χ3n) is 2.88. The molecule has 102 valence electrons. The van der Waals surface area contributed by atoms with Gasteiger partial charge in [-0.2, -0.15) is 0 Å². The van der Waals surface area contributed by atoms with E-state index in [9.17, 15) is 5.11 Å². The SMILES string of the molecule is CN=Cc1c(N)[nH]c(=S)c(C=N)c1-c1ccc(O)cc1. The molecule has 6 heteroatoms. The van der Waals surface area contributed by atoms with E-state index in [4.69, 9.17) is 23.4 Å². The molecular weight excluding hydrogens is 272 g/mol. The highest BCUT2D eigenvalue weighted by Crippen LogP contribution is 2.30. The molecule has 1 aromatic carbocycles. The Hall–Kier alpha value is -2.47. The Kier molecular flexibility index (Phi) is 3.95. The highest BCUT2D eigenvalue weighted by molar-refractivity contribution is 7.71. The third kappa shape index (κ3) is 2.46. The van der Waals surface area contributed by atoms with E-state index in [-0.39, 0.29) is 5.75 Å². The number of benzene rings is 1. The van der Waals surface area contributed by atoms with Crippen LogP contribution in [0.3, 0.4) is 0 Å². The number of aromatic hydroxyl groups is 1. The van der Waals surface area contributed by atoms with E-state index in [1.165, 1.54) is 6.21 Å². The van der Waals surface area contributed by atoms with Crippen molar-refractivity contribution in [3.05, 3.63) is 40.0 Å². The van der Waals surface area contributed by atoms with E-state index in [0.717, 1.165) is 11.1 Å². The molecule has 5 nitrogen and oxygen atoms in total. The van der Waals surface area contributed by atoms with Gasteiger partial charge >= 0.3 is 0 Å². The molecule has 0 amide bonds. The van der Waals surface area contributed by atoms with Crippen LogP contribution in [-0.4, -0.2) is 29.6 Å². The number of nitrogens with one attached hydrogen (secondary N) is 2. The third-order valence-corrected chi connectivity index (χ3v) is 3.20. The van der Waals surface area contributed by atoms with Crippen LogP contribution in [0, 0.1) is 10.0 Å². The van der Waals surface area contributed by atoms with E-state index in [1.54, 1.807) is 37.5 Å². The van der Waals surface area contributed by atoms with Gasteiger partial charge in [-0.15, -0.1) is 0 Å². The van der Waals surface area contributed by atoms with Crippen molar-refractivity contribution in [2.24, 2.45) is 4.99 Å². The van der Waals surface area contributed by atoms with Crippen LogP contribution < -0.4 is 5.73 Å². The van der Waals surface area contributed by atoms with Gasteiger partial charge in [0.2, 0.25) is 0 Å². The molecule has 0 aliphatic heterocycles. The Morgan fingerprint density at radius 1 is 1.30 bits per heavy atom. The molecule has 0 bridgehead atoms. The summed E-state index contributed by atoms with van der Waals surface area (Å²) in [5.74, 6) is 0.569. The standard InChI is InChI=1S/C14H14N4OS/c1-17-7-11-12(8-2-4-9(19)5-3-8)10(6-15)14(20)18-13(11)16/h2-7,15,19H,1H3,(H3,16,18,20). The molecule has 2 rings (SSSR count). The summed E-state index contributed by atoms with van der Waals surface area (Å²) in [7, 11) is 1.64. The van der Waals surface area contributed by atoms with Crippen molar-refractivity contribution >= 4 is 30.5 Å². The van der Waals surface area contributed by atoms with Crippen LogP contribution in [0.1, 0.15) is 11.1 Å². The number of phenols is 1. The van der Waals surface area contributed by atoms with Crippen molar-refractivity contribution in [3.63, 3.8) is 0 Å². The summed E-state index contributed by atoms with van der Waals surface area (Å²) >= 11 is 5.22. The minimum Gasteiger partial charge on any atom is -0.508 e. The summed E-state index contributed by atoms with van der Waals surface area (Å²) in [5, 5.41) is 17.0. The molecule has 2 aromatic rings. The molecule has 0 atom stereocenters. The van der Waals surface area contributed by atoms with Crippen LogP contribution in [0.4, 0.5) is 5.82 Å². The molecule has 0 aliphatic carbocycles. The van der Waals surface area contributed by atoms with Gasteiger partial charge < -0.3 is 21.2 Å². The Balaban J connectivity index is 2.86. The van der Waals surface area contributed by atoms with E-state index < -0.39 is 0 Å². The molecule has 0 spiro atoms. The van der Waals surface area contributed by atoms with E-state index in [0.29, 0.717) is 21.6 Å². The summed E-state index contributed by atoms with van der Waals surface area (Å²) in [6.07, 6.45) is 2.81. The summed E-state index contributed by atoms with van der Waals surface area (Å²) < 4.78 is 0.397. The first-order chi connectivity index (χ1) is 9.58. The second kappa shape index (κ2) is 5.66. The normalized spacial score (nSPS) is 10.8. The van der Waals surface area contributed by atoms with Crippen LogP contribution in [0.5, 0.6) is 5.75 Å². The predicted molar refractivity (Wildman–Crippen MR) is 84.5 cm³/mol. The Labute approximate surface area is 121 Å². The molecule has 0 saturated carbocycles. The maximum atomic E-state index is 9.39. The number of hydrogen-bond acceptors (Lipinski definition) is 5. The van der Waals surface area contributed by atoms with Crippen LogP contribution >= 0.6 is 12.2 Å². The fraction of sp³-hybridized carbons (Fsp3) is 0.0714. The quantitative estimate of drug-likeness (QED) is 0.515. The summed E-state index contributed by atoms with van der Waals surface area (Å²) in [6.45, 7) is 0. The number of nitrogens with zero attached hydrogens (tertiary/aromatic N) is 1. The smallest absolute Gasteiger partial charge is 0.115 e. The van der Waals surface area contributed by atoms with Crippen LogP contribution in [0.2, 0.25) is 0 Å². The lowest BCUT2D eigenvalue weighted by molar-refractivity contribution is 0.475.